The van der Waals surface area contributed by atoms with E-state index in [9.17, 15) is 4.79 Å². The van der Waals surface area contributed by atoms with Gasteiger partial charge in [-0.1, -0.05) is 38.8 Å². The lowest BCUT2D eigenvalue weighted by atomic mass is 10.1. The number of benzene rings is 1. The zero-order chi connectivity index (χ0) is 15.7. The van der Waals surface area contributed by atoms with Crippen LogP contribution in [0.15, 0.2) is 29.4 Å². The summed E-state index contributed by atoms with van der Waals surface area (Å²) in [5.74, 6) is 0.711. The second-order valence-electron chi connectivity index (χ2n) is 5.29. The standard InChI is InChI=1S/C15H18Br2N2O2/c1-4-12(10-5-7-11(21-3)8-6-10)18-19-13(20)14(2)9-15(14,16)17/h5-8H,4,9H2,1-3H3,(H,19,20)/b18-12-/t14-/m1/s1. The molecule has 1 aliphatic rings. The largest absolute Gasteiger partial charge is 0.497 e. The second kappa shape index (κ2) is 6.08. The van der Waals surface area contributed by atoms with Crippen molar-refractivity contribution in [2.24, 2.45) is 10.5 Å². The first-order valence-corrected chi connectivity index (χ1v) is 8.32. The minimum Gasteiger partial charge on any atom is -0.497 e. The Bertz CT molecular complexity index is 570. The molecular weight excluding hydrogens is 400 g/mol. The van der Waals surface area contributed by atoms with Crippen LogP contribution in [0.5, 0.6) is 5.75 Å². The van der Waals surface area contributed by atoms with Crippen molar-refractivity contribution in [1.82, 2.24) is 5.43 Å². The Kier molecular flexibility index (Phi) is 4.78. The van der Waals surface area contributed by atoms with Gasteiger partial charge in [-0.25, -0.2) is 5.43 Å². The Hall–Kier alpha value is -0.880. The Morgan fingerprint density at radius 2 is 1.95 bits per heavy atom. The molecule has 4 nitrogen and oxygen atoms in total. The summed E-state index contributed by atoms with van der Waals surface area (Å²) < 4.78 is 4.83. The Morgan fingerprint density at radius 3 is 2.38 bits per heavy atom. The van der Waals surface area contributed by atoms with E-state index in [4.69, 9.17) is 4.74 Å². The molecule has 6 heteroatoms. The quantitative estimate of drug-likeness (QED) is 0.449. The van der Waals surface area contributed by atoms with Gasteiger partial charge in [0.15, 0.2) is 0 Å². The van der Waals surface area contributed by atoms with Gasteiger partial charge in [-0.2, -0.15) is 5.10 Å². The van der Waals surface area contributed by atoms with E-state index in [1.54, 1.807) is 7.11 Å². The molecule has 1 fully saturated rings. The summed E-state index contributed by atoms with van der Waals surface area (Å²) in [6.07, 6.45) is 1.47. The highest BCUT2D eigenvalue weighted by Gasteiger charge is 2.66. The van der Waals surface area contributed by atoms with Crippen molar-refractivity contribution in [2.75, 3.05) is 7.11 Å². The van der Waals surface area contributed by atoms with Gasteiger partial charge in [0, 0.05) is 0 Å². The van der Waals surface area contributed by atoms with Crippen LogP contribution in [0.4, 0.5) is 0 Å². The maximum absolute atomic E-state index is 12.2. The van der Waals surface area contributed by atoms with E-state index in [-0.39, 0.29) is 9.14 Å². The summed E-state index contributed by atoms with van der Waals surface area (Å²) in [5.41, 5.74) is 4.03. The maximum atomic E-state index is 12.2. The number of hydrogen-bond acceptors (Lipinski definition) is 3. The summed E-state index contributed by atoms with van der Waals surface area (Å²) in [6.45, 7) is 3.91. The summed E-state index contributed by atoms with van der Waals surface area (Å²) in [6, 6.07) is 7.63. The normalized spacial score (nSPS) is 23.6. The van der Waals surface area contributed by atoms with Crippen LogP contribution in [-0.4, -0.2) is 22.0 Å². The van der Waals surface area contributed by atoms with Crippen molar-refractivity contribution in [3.05, 3.63) is 29.8 Å². The third-order valence-corrected chi connectivity index (χ3v) is 6.12. The number of methoxy groups -OCH3 is 1. The fraction of sp³-hybridized carbons (Fsp3) is 0.467. The number of hydrazone groups is 1. The highest BCUT2D eigenvalue weighted by molar-refractivity contribution is 9.25. The Morgan fingerprint density at radius 1 is 1.38 bits per heavy atom. The highest BCUT2D eigenvalue weighted by Crippen LogP contribution is 2.66. The second-order valence-corrected chi connectivity index (χ2v) is 9.07. The molecule has 114 valence electrons. The SMILES string of the molecule is CC/C(=N/NC(=O)[C@@]1(C)CC1(Br)Br)c1ccc(OC)cc1. The number of carbonyl (C=O) groups excluding carboxylic acids is 1. The molecule has 0 unspecified atom stereocenters. The molecule has 0 heterocycles. The molecule has 0 spiro atoms. The molecule has 1 saturated carbocycles. The van der Waals surface area contributed by atoms with E-state index in [0.29, 0.717) is 0 Å². The fourth-order valence-corrected chi connectivity index (χ4v) is 3.50. The average Bonchev–Trinajstić information content (AvgIpc) is 3.00. The lowest BCUT2D eigenvalue weighted by Crippen LogP contribution is -2.30. The topological polar surface area (TPSA) is 50.7 Å². The predicted octanol–water partition coefficient (Wildman–Crippen LogP) is 3.82. The molecule has 1 aromatic carbocycles. The lowest BCUT2D eigenvalue weighted by Gasteiger charge is -2.11. The van der Waals surface area contributed by atoms with Crippen LogP contribution in [0.25, 0.3) is 0 Å². The third-order valence-electron chi connectivity index (χ3n) is 3.81. The molecule has 1 amide bonds. The van der Waals surface area contributed by atoms with Crippen molar-refractivity contribution < 1.29 is 9.53 Å². The van der Waals surface area contributed by atoms with Crippen LogP contribution in [0.3, 0.4) is 0 Å². The summed E-state index contributed by atoms with van der Waals surface area (Å²) >= 11 is 6.98. The number of halogens is 2. The maximum Gasteiger partial charge on any atom is 0.248 e. The Labute approximate surface area is 141 Å². The zero-order valence-electron chi connectivity index (χ0n) is 12.2. The van der Waals surface area contributed by atoms with Gasteiger partial charge >= 0.3 is 0 Å². The monoisotopic (exact) mass is 416 g/mol. The van der Waals surface area contributed by atoms with E-state index in [0.717, 1.165) is 29.9 Å². The smallest absolute Gasteiger partial charge is 0.248 e. The zero-order valence-corrected chi connectivity index (χ0v) is 15.4. The highest BCUT2D eigenvalue weighted by atomic mass is 79.9. The first-order chi connectivity index (χ1) is 9.84. The summed E-state index contributed by atoms with van der Waals surface area (Å²) in [7, 11) is 1.63. The average molecular weight is 418 g/mol. The van der Waals surface area contributed by atoms with Gasteiger partial charge in [0.05, 0.1) is 21.5 Å². The van der Waals surface area contributed by atoms with Gasteiger partial charge < -0.3 is 4.74 Å². The molecule has 0 bridgehead atoms. The molecule has 1 atom stereocenters. The number of alkyl halides is 2. The van der Waals surface area contributed by atoms with E-state index >= 15 is 0 Å². The molecule has 0 aliphatic heterocycles. The van der Waals surface area contributed by atoms with E-state index < -0.39 is 5.41 Å². The van der Waals surface area contributed by atoms with Crippen molar-refractivity contribution in [3.63, 3.8) is 0 Å². The van der Waals surface area contributed by atoms with Gasteiger partial charge in [0.25, 0.3) is 0 Å². The number of rotatable bonds is 5. The number of ether oxygens (including phenoxy) is 1. The van der Waals surface area contributed by atoms with Crippen LogP contribution in [-0.2, 0) is 4.79 Å². The first kappa shape index (κ1) is 16.5. The number of nitrogens with zero attached hydrogens (tertiary/aromatic N) is 1. The molecule has 0 radical (unpaired) electrons. The van der Waals surface area contributed by atoms with Crippen LogP contribution in [0.1, 0.15) is 32.3 Å². The van der Waals surface area contributed by atoms with Crippen LogP contribution < -0.4 is 10.2 Å². The minimum atomic E-state index is -0.463. The molecule has 0 aromatic heterocycles. The van der Waals surface area contributed by atoms with Gasteiger partial charge in [-0.3, -0.25) is 4.79 Å². The molecule has 0 saturated heterocycles. The van der Waals surface area contributed by atoms with E-state index in [2.05, 4.69) is 42.4 Å². The number of carbonyl (C=O) groups is 1. The number of hydrogen-bond donors (Lipinski definition) is 1. The van der Waals surface area contributed by atoms with Crippen molar-refractivity contribution in [2.45, 2.75) is 29.9 Å². The lowest BCUT2D eigenvalue weighted by molar-refractivity contribution is -0.125. The Balaban J connectivity index is 2.08. The fourth-order valence-electron chi connectivity index (χ4n) is 2.02. The van der Waals surface area contributed by atoms with Crippen molar-refractivity contribution in [3.8, 4) is 5.75 Å². The van der Waals surface area contributed by atoms with Gasteiger partial charge in [0.2, 0.25) is 5.91 Å². The minimum absolute atomic E-state index is 0.0873. The molecule has 21 heavy (non-hydrogen) atoms. The van der Waals surface area contributed by atoms with Crippen LogP contribution in [0, 0.1) is 5.41 Å². The van der Waals surface area contributed by atoms with Gasteiger partial charge in [0.1, 0.15) is 5.75 Å². The number of amides is 1. The molecule has 2 rings (SSSR count). The van der Waals surface area contributed by atoms with Gasteiger partial charge in [-0.15, -0.1) is 0 Å². The van der Waals surface area contributed by atoms with Crippen LogP contribution >= 0.6 is 31.9 Å². The molecule has 1 N–H and O–H groups in total. The van der Waals surface area contributed by atoms with Crippen molar-refractivity contribution >= 4 is 43.5 Å². The van der Waals surface area contributed by atoms with E-state index in [1.807, 2.05) is 38.1 Å². The number of nitrogens with one attached hydrogen (secondary N) is 1. The summed E-state index contributed by atoms with van der Waals surface area (Å²) in [4.78, 5) is 12.2. The van der Waals surface area contributed by atoms with E-state index in [1.165, 1.54) is 0 Å². The van der Waals surface area contributed by atoms with Crippen molar-refractivity contribution in [1.29, 1.82) is 0 Å². The molecular formula is C15H18Br2N2O2. The van der Waals surface area contributed by atoms with Crippen LogP contribution in [0.2, 0.25) is 0 Å². The molecule has 1 aliphatic carbocycles. The first-order valence-electron chi connectivity index (χ1n) is 6.73. The molecule has 1 aromatic rings. The third kappa shape index (κ3) is 3.31. The predicted molar refractivity (Wildman–Crippen MR) is 91.3 cm³/mol. The van der Waals surface area contributed by atoms with Gasteiger partial charge in [-0.05, 0) is 49.6 Å². The summed E-state index contributed by atoms with van der Waals surface area (Å²) in [5, 5.41) is 4.27.